The summed E-state index contributed by atoms with van der Waals surface area (Å²) < 4.78 is 0. The highest BCUT2D eigenvalue weighted by Crippen LogP contribution is 2.58. The molecule has 44 heavy (non-hydrogen) atoms. The molecule has 6 aromatic rings. The van der Waals surface area contributed by atoms with Crippen LogP contribution in [0.3, 0.4) is 0 Å². The van der Waals surface area contributed by atoms with E-state index >= 15 is 0 Å². The highest BCUT2D eigenvalue weighted by Gasteiger charge is 2.35. The van der Waals surface area contributed by atoms with Crippen molar-refractivity contribution in [3.05, 3.63) is 108 Å². The molecule has 2 fully saturated rings. The van der Waals surface area contributed by atoms with Crippen LogP contribution < -0.4 is 0 Å². The van der Waals surface area contributed by atoms with Crippen LogP contribution in [0.2, 0.25) is 0 Å². The van der Waals surface area contributed by atoms with E-state index in [1.165, 1.54) is 102 Å². The van der Waals surface area contributed by atoms with E-state index in [-0.39, 0.29) is 0 Å². The zero-order chi connectivity index (χ0) is 29.0. The van der Waals surface area contributed by atoms with Crippen LogP contribution >= 0.6 is 0 Å². The maximum Gasteiger partial charge on any atom is 0.0893 e. The van der Waals surface area contributed by atoms with E-state index in [0.29, 0.717) is 11.8 Å². The maximum absolute atomic E-state index is 5.16. The van der Waals surface area contributed by atoms with Crippen molar-refractivity contribution < 1.29 is 0 Å². The van der Waals surface area contributed by atoms with E-state index in [2.05, 4.69) is 77.8 Å². The molecule has 0 spiro atoms. The van der Waals surface area contributed by atoms with Crippen molar-refractivity contribution in [2.24, 2.45) is 0 Å². The maximum atomic E-state index is 5.16. The van der Waals surface area contributed by atoms with Crippen LogP contribution in [0.25, 0.3) is 66.4 Å². The second-order valence-corrected chi connectivity index (χ2v) is 13.3. The Labute approximate surface area is 260 Å². The summed E-state index contributed by atoms with van der Waals surface area (Å²) >= 11 is 0. The van der Waals surface area contributed by atoms with Gasteiger partial charge in [0.15, 0.2) is 0 Å². The third-order valence-electron chi connectivity index (χ3n) is 10.9. The van der Waals surface area contributed by atoms with Crippen LogP contribution in [-0.4, -0.2) is 9.97 Å². The van der Waals surface area contributed by atoms with Gasteiger partial charge in [0.1, 0.15) is 0 Å². The molecule has 216 valence electrons. The fourth-order valence-corrected chi connectivity index (χ4v) is 8.97. The van der Waals surface area contributed by atoms with Crippen molar-refractivity contribution in [2.45, 2.75) is 76.0 Å². The standard InChI is InChI=1S/C42H38N2/c1-3-13-27(14-4-1)38-31-17-7-8-18-32(31)39(28-15-5-2-6-16-28)42-34-25-24-29(30-19-11-20-33(40(30)34)41(38)42)35-22-12-23-37(44-35)36-21-9-10-26-43-36/h7-12,17-28H,1-6,13-16H2. The lowest BCUT2D eigenvalue weighted by Crippen LogP contribution is -2.11. The second-order valence-electron chi connectivity index (χ2n) is 13.3. The van der Waals surface area contributed by atoms with Crippen molar-refractivity contribution in [1.29, 1.82) is 0 Å². The zero-order valence-corrected chi connectivity index (χ0v) is 25.4. The molecule has 0 unspecified atom stereocenters. The van der Waals surface area contributed by atoms with Gasteiger partial charge < -0.3 is 0 Å². The van der Waals surface area contributed by atoms with Crippen LogP contribution in [0.15, 0.2) is 97.2 Å². The van der Waals surface area contributed by atoms with Gasteiger partial charge in [0, 0.05) is 11.8 Å². The summed E-state index contributed by atoms with van der Waals surface area (Å²) in [6, 6.07) is 33.7. The van der Waals surface area contributed by atoms with E-state index < -0.39 is 0 Å². The minimum Gasteiger partial charge on any atom is -0.255 e. The average Bonchev–Trinajstić information content (AvgIpc) is 3.43. The molecule has 2 heterocycles. The summed E-state index contributed by atoms with van der Waals surface area (Å²) in [5, 5.41) is 5.78. The lowest BCUT2D eigenvalue weighted by Gasteiger charge is -2.31. The van der Waals surface area contributed by atoms with Crippen molar-refractivity contribution in [3.63, 3.8) is 0 Å². The minimum absolute atomic E-state index is 0.628. The van der Waals surface area contributed by atoms with Gasteiger partial charge >= 0.3 is 0 Å². The Morgan fingerprint density at radius 2 is 0.977 bits per heavy atom. The largest absolute Gasteiger partial charge is 0.255 e. The van der Waals surface area contributed by atoms with Crippen LogP contribution in [0, 0.1) is 0 Å². The molecule has 0 N–H and O–H groups in total. The number of fused-ring (bicyclic) bond motifs is 4. The van der Waals surface area contributed by atoms with Gasteiger partial charge in [-0.05, 0) is 117 Å². The van der Waals surface area contributed by atoms with Crippen LogP contribution in [0.1, 0.15) is 87.2 Å². The molecule has 0 radical (unpaired) electrons. The van der Waals surface area contributed by atoms with Crippen LogP contribution in [-0.2, 0) is 0 Å². The monoisotopic (exact) mass is 570 g/mol. The van der Waals surface area contributed by atoms with Crippen molar-refractivity contribution in [2.75, 3.05) is 0 Å². The first-order chi connectivity index (χ1) is 21.9. The van der Waals surface area contributed by atoms with Gasteiger partial charge in [-0.25, -0.2) is 4.98 Å². The van der Waals surface area contributed by atoms with Gasteiger partial charge in [-0.1, -0.05) is 105 Å². The molecule has 2 heteroatoms. The SMILES string of the molecule is c1ccc(-c2cccc(-c3ccc4c5c(cccc35)-c3c-4c(C4CCCCC4)c4ccccc4c3C3CCCCC3)n2)nc1. The Kier molecular flexibility index (Phi) is 6.35. The Balaban J connectivity index is 1.33. The number of hydrogen-bond acceptors (Lipinski definition) is 2. The van der Waals surface area contributed by atoms with Gasteiger partial charge in [-0.3, -0.25) is 4.98 Å². The molecule has 0 bridgehead atoms. The quantitative estimate of drug-likeness (QED) is 0.210. The van der Waals surface area contributed by atoms with Crippen molar-refractivity contribution in [1.82, 2.24) is 9.97 Å². The molecule has 2 aromatic heterocycles. The van der Waals surface area contributed by atoms with Crippen LogP contribution in [0.4, 0.5) is 0 Å². The molecular weight excluding hydrogens is 532 g/mol. The number of rotatable bonds is 4. The Hall–Kier alpha value is -4.30. The number of nitrogens with zero attached hydrogens (tertiary/aromatic N) is 2. The third kappa shape index (κ3) is 4.07. The summed E-state index contributed by atoms with van der Waals surface area (Å²) in [6.07, 6.45) is 15.2. The fraction of sp³-hybridized carbons (Fsp3) is 0.286. The summed E-state index contributed by atoms with van der Waals surface area (Å²) in [7, 11) is 0. The van der Waals surface area contributed by atoms with E-state index in [1.54, 1.807) is 22.3 Å². The zero-order valence-electron chi connectivity index (χ0n) is 25.4. The van der Waals surface area contributed by atoms with E-state index in [4.69, 9.17) is 4.98 Å². The van der Waals surface area contributed by atoms with Gasteiger partial charge in [0.05, 0.1) is 17.1 Å². The number of aromatic nitrogens is 2. The van der Waals surface area contributed by atoms with E-state index in [1.807, 2.05) is 24.4 Å². The Morgan fingerprint density at radius 3 is 1.64 bits per heavy atom. The molecule has 3 aliphatic carbocycles. The normalized spacial score (nSPS) is 16.9. The molecule has 3 aliphatic rings. The van der Waals surface area contributed by atoms with Gasteiger partial charge in [0.25, 0.3) is 0 Å². The first kappa shape index (κ1) is 26.1. The van der Waals surface area contributed by atoms with Gasteiger partial charge in [0.2, 0.25) is 0 Å². The molecule has 2 nitrogen and oxygen atoms in total. The third-order valence-corrected chi connectivity index (χ3v) is 10.9. The summed E-state index contributed by atoms with van der Waals surface area (Å²) in [5.74, 6) is 1.26. The van der Waals surface area contributed by atoms with Gasteiger partial charge in [-0.2, -0.15) is 0 Å². The Morgan fingerprint density at radius 1 is 0.432 bits per heavy atom. The van der Waals surface area contributed by atoms with Gasteiger partial charge in [-0.15, -0.1) is 0 Å². The predicted molar refractivity (Wildman–Crippen MR) is 184 cm³/mol. The lowest BCUT2D eigenvalue weighted by molar-refractivity contribution is 0.443. The molecular formula is C42H38N2. The lowest BCUT2D eigenvalue weighted by atomic mass is 9.73. The molecule has 0 saturated heterocycles. The van der Waals surface area contributed by atoms with E-state index in [9.17, 15) is 0 Å². The fourth-order valence-electron chi connectivity index (χ4n) is 8.97. The second kappa shape index (κ2) is 10.7. The minimum atomic E-state index is 0.628. The smallest absolute Gasteiger partial charge is 0.0893 e. The molecule has 0 aliphatic heterocycles. The topological polar surface area (TPSA) is 25.8 Å². The molecule has 9 rings (SSSR count). The summed E-state index contributed by atoms with van der Waals surface area (Å²) in [4.78, 5) is 9.74. The van der Waals surface area contributed by atoms with Crippen LogP contribution in [0.5, 0.6) is 0 Å². The summed E-state index contributed by atoms with van der Waals surface area (Å²) in [6.45, 7) is 0. The number of benzene rings is 4. The summed E-state index contributed by atoms with van der Waals surface area (Å²) in [5.41, 5.74) is 13.3. The molecule has 4 aromatic carbocycles. The predicted octanol–water partition coefficient (Wildman–Crippen LogP) is 11.9. The molecule has 0 amide bonds. The first-order valence-electron chi connectivity index (χ1n) is 16.9. The molecule has 2 saturated carbocycles. The first-order valence-corrected chi connectivity index (χ1v) is 16.9. The van der Waals surface area contributed by atoms with Crippen molar-refractivity contribution in [3.8, 4) is 44.9 Å². The van der Waals surface area contributed by atoms with E-state index in [0.717, 1.165) is 17.1 Å². The van der Waals surface area contributed by atoms with Crippen molar-refractivity contribution >= 4 is 21.5 Å². The highest BCUT2D eigenvalue weighted by molar-refractivity contribution is 6.22. The highest BCUT2D eigenvalue weighted by atomic mass is 14.8. The number of pyridine rings is 2. The average molecular weight is 571 g/mol. The number of hydrogen-bond donors (Lipinski definition) is 0. The Bertz CT molecular complexity index is 1960. The molecule has 0 atom stereocenters.